The molecule has 0 heterocycles. The lowest BCUT2D eigenvalue weighted by atomic mass is 9.92. The molecule has 24 heavy (non-hydrogen) atoms. The zero-order valence-electron chi connectivity index (χ0n) is 14.5. The standard InChI is InChI=1S/C16H26N2O4S.ClH/c1-12(2)9-16(3,11-17)18-23(20,21)10-13-6-5-7-14(8-13)15(19)22-4;/h5-8,12,18H,9-11,17H2,1-4H3;1H. The van der Waals surface area contributed by atoms with E-state index in [0.717, 1.165) is 0 Å². The Morgan fingerprint density at radius 1 is 1.38 bits per heavy atom. The Bertz CT molecular complexity index is 649. The van der Waals surface area contributed by atoms with Gasteiger partial charge in [0, 0.05) is 12.1 Å². The second-order valence-corrected chi connectivity index (χ2v) is 8.14. The number of carbonyl (C=O) groups excluding carboxylic acids is 1. The van der Waals surface area contributed by atoms with E-state index in [9.17, 15) is 13.2 Å². The molecule has 6 nitrogen and oxygen atoms in total. The smallest absolute Gasteiger partial charge is 0.337 e. The summed E-state index contributed by atoms with van der Waals surface area (Å²) in [5, 5.41) is 0. The Balaban J connectivity index is 0.00000529. The van der Waals surface area contributed by atoms with Crippen molar-refractivity contribution in [2.45, 2.75) is 38.5 Å². The van der Waals surface area contributed by atoms with Gasteiger partial charge in [-0.25, -0.2) is 17.9 Å². The maximum Gasteiger partial charge on any atom is 0.337 e. The van der Waals surface area contributed by atoms with Crippen LogP contribution in [0.3, 0.4) is 0 Å². The topological polar surface area (TPSA) is 98.5 Å². The number of rotatable bonds is 8. The molecule has 3 N–H and O–H groups in total. The van der Waals surface area contributed by atoms with Crippen LogP contribution in [0.15, 0.2) is 24.3 Å². The van der Waals surface area contributed by atoms with Gasteiger partial charge >= 0.3 is 5.97 Å². The minimum absolute atomic E-state index is 0. The molecule has 0 aromatic heterocycles. The summed E-state index contributed by atoms with van der Waals surface area (Å²) in [7, 11) is -2.30. The van der Waals surface area contributed by atoms with Crippen molar-refractivity contribution in [3.05, 3.63) is 35.4 Å². The van der Waals surface area contributed by atoms with Gasteiger partial charge in [-0.05, 0) is 37.0 Å². The monoisotopic (exact) mass is 378 g/mol. The van der Waals surface area contributed by atoms with E-state index in [4.69, 9.17) is 5.73 Å². The lowest BCUT2D eigenvalue weighted by molar-refractivity contribution is 0.0600. The van der Waals surface area contributed by atoms with Gasteiger partial charge in [-0.3, -0.25) is 0 Å². The largest absolute Gasteiger partial charge is 0.465 e. The Kier molecular flexibility index (Phi) is 8.91. The number of benzene rings is 1. The molecule has 1 atom stereocenters. The minimum Gasteiger partial charge on any atom is -0.465 e. The van der Waals surface area contributed by atoms with Crippen LogP contribution in [-0.4, -0.2) is 33.6 Å². The van der Waals surface area contributed by atoms with Gasteiger partial charge in [0.15, 0.2) is 0 Å². The molecular formula is C16H27ClN2O4S. The van der Waals surface area contributed by atoms with Gasteiger partial charge in [0.2, 0.25) is 10.0 Å². The number of ether oxygens (including phenoxy) is 1. The lowest BCUT2D eigenvalue weighted by Crippen LogP contribution is -2.52. The first kappa shape index (κ1) is 22.9. The third-order valence-corrected chi connectivity index (χ3v) is 4.93. The fourth-order valence-electron chi connectivity index (χ4n) is 2.60. The fraction of sp³-hybridized carbons (Fsp3) is 0.562. The molecule has 138 valence electrons. The summed E-state index contributed by atoms with van der Waals surface area (Å²) >= 11 is 0. The van der Waals surface area contributed by atoms with Crippen LogP contribution in [0.2, 0.25) is 0 Å². The number of sulfonamides is 1. The molecule has 0 saturated heterocycles. The maximum atomic E-state index is 12.4. The molecule has 1 aromatic rings. The van der Waals surface area contributed by atoms with Crippen LogP contribution in [0.5, 0.6) is 0 Å². The molecule has 8 heteroatoms. The average molecular weight is 379 g/mol. The Morgan fingerprint density at radius 2 is 2.00 bits per heavy atom. The second-order valence-electron chi connectivity index (χ2n) is 6.42. The third-order valence-electron chi connectivity index (χ3n) is 3.42. The van der Waals surface area contributed by atoms with Gasteiger partial charge in [-0.15, -0.1) is 12.4 Å². The van der Waals surface area contributed by atoms with Gasteiger partial charge < -0.3 is 10.5 Å². The molecule has 0 spiro atoms. The second kappa shape index (κ2) is 9.36. The summed E-state index contributed by atoms with van der Waals surface area (Å²) in [6.07, 6.45) is 0.644. The highest BCUT2D eigenvalue weighted by molar-refractivity contribution is 7.88. The molecule has 1 aromatic carbocycles. The Hall–Kier alpha value is -1.15. The van der Waals surface area contributed by atoms with Gasteiger partial charge in [-0.2, -0.15) is 0 Å². The van der Waals surface area contributed by atoms with E-state index in [1.165, 1.54) is 13.2 Å². The number of hydrogen-bond acceptors (Lipinski definition) is 5. The van der Waals surface area contributed by atoms with Crippen LogP contribution < -0.4 is 10.5 Å². The number of halogens is 1. The van der Waals surface area contributed by atoms with Crippen molar-refractivity contribution in [1.29, 1.82) is 0 Å². The number of hydrogen-bond donors (Lipinski definition) is 2. The van der Waals surface area contributed by atoms with Crippen molar-refractivity contribution < 1.29 is 17.9 Å². The summed E-state index contributed by atoms with van der Waals surface area (Å²) in [5.74, 6) is -0.399. The highest BCUT2D eigenvalue weighted by Gasteiger charge is 2.29. The molecule has 0 radical (unpaired) electrons. The quantitative estimate of drug-likeness (QED) is 0.675. The molecule has 0 amide bonds. The number of nitrogens with two attached hydrogens (primary N) is 1. The van der Waals surface area contributed by atoms with E-state index in [1.807, 2.05) is 13.8 Å². The fourth-order valence-corrected chi connectivity index (χ4v) is 4.21. The lowest BCUT2D eigenvalue weighted by Gasteiger charge is -2.30. The van der Waals surface area contributed by atoms with Gasteiger partial charge in [0.25, 0.3) is 0 Å². The van der Waals surface area contributed by atoms with E-state index in [0.29, 0.717) is 23.5 Å². The zero-order valence-corrected chi connectivity index (χ0v) is 16.2. The van der Waals surface area contributed by atoms with Crippen LogP contribution in [0.1, 0.15) is 43.1 Å². The number of esters is 1. The molecule has 0 aliphatic rings. The minimum atomic E-state index is -3.58. The number of nitrogens with one attached hydrogen (secondary N) is 1. The first-order valence-corrected chi connectivity index (χ1v) is 9.15. The van der Waals surface area contributed by atoms with Crippen LogP contribution in [-0.2, 0) is 20.5 Å². The van der Waals surface area contributed by atoms with E-state index >= 15 is 0 Å². The first-order chi connectivity index (χ1) is 10.6. The van der Waals surface area contributed by atoms with E-state index in [-0.39, 0.29) is 24.7 Å². The highest BCUT2D eigenvalue weighted by Crippen LogP contribution is 2.18. The van der Waals surface area contributed by atoms with Crippen molar-refractivity contribution in [2.24, 2.45) is 11.7 Å². The predicted octanol–water partition coefficient (Wildman–Crippen LogP) is 2.08. The van der Waals surface area contributed by atoms with Crippen LogP contribution in [0.4, 0.5) is 0 Å². The molecule has 0 aliphatic heterocycles. The Morgan fingerprint density at radius 3 is 2.50 bits per heavy atom. The van der Waals surface area contributed by atoms with Gasteiger partial charge in [0.1, 0.15) is 0 Å². The van der Waals surface area contributed by atoms with Gasteiger partial charge in [-0.1, -0.05) is 26.0 Å². The first-order valence-electron chi connectivity index (χ1n) is 7.50. The normalized spacial score (nSPS) is 13.9. The molecule has 0 aliphatic carbocycles. The molecular weight excluding hydrogens is 352 g/mol. The van der Waals surface area contributed by atoms with Crippen LogP contribution >= 0.6 is 12.4 Å². The van der Waals surface area contributed by atoms with Gasteiger partial charge in [0.05, 0.1) is 18.4 Å². The highest BCUT2D eigenvalue weighted by atomic mass is 35.5. The average Bonchev–Trinajstić information content (AvgIpc) is 2.44. The SMILES string of the molecule is COC(=O)c1cccc(CS(=O)(=O)NC(C)(CN)CC(C)C)c1.Cl. The molecule has 1 unspecified atom stereocenters. The van der Waals surface area contributed by atoms with Crippen LogP contribution in [0.25, 0.3) is 0 Å². The van der Waals surface area contributed by atoms with Crippen molar-refractivity contribution in [1.82, 2.24) is 4.72 Å². The maximum absolute atomic E-state index is 12.4. The summed E-state index contributed by atoms with van der Waals surface area (Å²) < 4.78 is 32.2. The van der Waals surface area contributed by atoms with E-state index < -0.39 is 21.5 Å². The summed E-state index contributed by atoms with van der Waals surface area (Å²) in [6, 6.07) is 6.40. The zero-order chi connectivity index (χ0) is 17.7. The third kappa shape index (κ3) is 7.17. The summed E-state index contributed by atoms with van der Waals surface area (Å²) in [6.45, 7) is 6.05. The van der Waals surface area contributed by atoms with Crippen molar-refractivity contribution in [3.8, 4) is 0 Å². The van der Waals surface area contributed by atoms with Crippen molar-refractivity contribution >= 4 is 28.4 Å². The van der Waals surface area contributed by atoms with Crippen molar-refractivity contribution in [2.75, 3.05) is 13.7 Å². The van der Waals surface area contributed by atoms with Crippen molar-refractivity contribution in [3.63, 3.8) is 0 Å². The molecule has 0 fully saturated rings. The number of carbonyl (C=O) groups is 1. The summed E-state index contributed by atoms with van der Waals surface area (Å²) in [5.41, 5.74) is 5.90. The predicted molar refractivity (Wildman–Crippen MR) is 97.7 cm³/mol. The molecule has 0 saturated carbocycles. The molecule has 0 bridgehead atoms. The van der Waals surface area contributed by atoms with E-state index in [2.05, 4.69) is 9.46 Å². The number of methoxy groups -OCH3 is 1. The van der Waals surface area contributed by atoms with Crippen LogP contribution in [0, 0.1) is 5.92 Å². The Labute approximate surface area is 150 Å². The summed E-state index contributed by atoms with van der Waals surface area (Å²) in [4.78, 5) is 11.5. The van der Waals surface area contributed by atoms with E-state index in [1.54, 1.807) is 25.1 Å². The molecule has 1 rings (SSSR count).